The molecule has 0 spiro atoms. The Morgan fingerprint density at radius 2 is 1.69 bits per heavy atom. The van der Waals surface area contributed by atoms with Crippen molar-refractivity contribution in [2.24, 2.45) is 0 Å². The predicted molar refractivity (Wildman–Crippen MR) is 114 cm³/mol. The van der Waals surface area contributed by atoms with E-state index in [-0.39, 0.29) is 19.1 Å². The Balaban J connectivity index is 1.64. The lowest BCUT2D eigenvalue weighted by Gasteiger charge is -2.21. The number of hydrogen-bond acceptors (Lipinski definition) is 5. The number of carbonyl (C=O) groups excluding carboxylic acids is 1. The lowest BCUT2D eigenvalue weighted by Crippen LogP contribution is -2.44. The van der Waals surface area contributed by atoms with Crippen molar-refractivity contribution in [1.29, 1.82) is 0 Å². The number of hydrogen-bond donors (Lipinski definition) is 2. The average Bonchev–Trinajstić information content (AvgIpc) is 3.09. The smallest absolute Gasteiger partial charge is 0.407 e. The highest BCUT2D eigenvalue weighted by Crippen LogP contribution is 2.46. The van der Waals surface area contributed by atoms with Gasteiger partial charge >= 0.3 is 17.7 Å². The number of nitrogens with one attached hydrogen (secondary N) is 1. The molecule has 0 fully saturated rings. The van der Waals surface area contributed by atoms with Crippen LogP contribution in [0.15, 0.2) is 48.5 Å². The fourth-order valence-corrected chi connectivity index (χ4v) is 4.59. The van der Waals surface area contributed by atoms with E-state index in [0.29, 0.717) is 6.42 Å². The van der Waals surface area contributed by atoms with Gasteiger partial charge in [-0.05, 0) is 28.7 Å². The van der Waals surface area contributed by atoms with Crippen molar-refractivity contribution < 1.29 is 37.3 Å². The van der Waals surface area contributed by atoms with Crippen LogP contribution in [-0.4, -0.2) is 42.1 Å². The van der Waals surface area contributed by atoms with Gasteiger partial charge in [0.15, 0.2) is 0 Å². The van der Waals surface area contributed by atoms with Gasteiger partial charge in [0.1, 0.15) is 12.6 Å². The molecule has 0 saturated carbocycles. The van der Waals surface area contributed by atoms with E-state index < -0.39 is 38.2 Å². The summed E-state index contributed by atoms with van der Waals surface area (Å²) < 4.78 is 49.7. The number of carbonyl (C=O) groups is 2. The van der Waals surface area contributed by atoms with Crippen molar-refractivity contribution in [1.82, 2.24) is 5.32 Å². The first-order valence-electron chi connectivity index (χ1n) is 10.1. The van der Waals surface area contributed by atoms with Crippen molar-refractivity contribution in [2.75, 3.05) is 13.2 Å². The van der Waals surface area contributed by atoms with Crippen LogP contribution in [0.25, 0.3) is 11.1 Å². The number of benzene rings is 2. The van der Waals surface area contributed by atoms with Crippen LogP contribution >= 0.6 is 8.03 Å². The first-order valence-corrected chi connectivity index (χ1v) is 11.5. The molecule has 3 rings (SSSR count). The normalized spacial score (nSPS) is 14.8. The third-order valence-electron chi connectivity index (χ3n) is 5.13. The fraction of sp³-hybridized carbons (Fsp3) is 0.364. The largest absolute Gasteiger partial charge is 0.480 e. The first-order chi connectivity index (χ1) is 15.2. The van der Waals surface area contributed by atoms with E-state index in [4.69, 9.17) is 4.74 Å². The molecule has 2 unspecified atom stereocenters. The summed E-state index contributed by atoms with van der Waals surface area (Å²) in [6.07, 6.45) is -2.13. The number of amides is 1. The van der Waals surface area contributed by atoms with Gasteiger partial charge in [0.25, 0.3) is 8.03 Å². The first kappa shape index (κ1) is 23.9. The lowest BCUT2D eigenvalue weighted by molar-refractivity contribution is -0.141. The van der Waals surface area contributed by atoms with Crippen LogP contribution in [0.1, 0.15) is 36.8 Å². The number of rotatable bonds is 10. The summed E-state index contributed by atoms with van der Waals surface area (Å²) in [5, 5.41) is 11.2. The second-order valence-electron chi connectivity index (χ2n) is 7.41. The SMILES string of the molecule is CCCO[PH](=O)C(F)(F)CC(NC(=O)OCC1c2ccccc2-c2ccccc21)C(=O)O. The van der Waals surface area contributed by atoms with Gasteiger partial charge in [-0.1, -0.05) is 55.5 Å². The van der Waals surface area contributed by atoms with E-state index in [0.717, 1.165) is 22.3 Å². The van der Waals surface area contributed by atoms with Crippen LogP contribution < -0.4 is 5.32 Å². The molecule has 32 heavy (non-hydrogen) atoms. The lowest BCUT2D eigenvalue weighted by atomic mass is 9.98. The molecule has 2 aromatic carbocycles. The molecule has 2 N–H and O–H groups in total. The van der Waals surface area contributed by atoms with Crippen molar-refractivity contribution >= 4 is 20.1 Å². The number of ether oxygens (including phenoxy) is 1. The summed E-state index contributed by atoms with van der Waals surface area (Å²) in [5.41, 5.74) is 0.0400. The molecule has 7 nitrogen and oxygen atoms in total. The summed E-state index contributed by atoms with van der Waals surface area (Å²) in [5.74, 6) is -1.96. The van der Waals surface area contributed by atoms with Crippen molar-refractivity contribution in [3.63, 3.8) is 0 Å². The van der Waals surface area contributed by atoms with E-state index in [1.54, 1.807) is 6.92 Å². The Kier molecular flexibility index (Phi) is 7.64. The zero-order valence-corrected chi connectivity index (χ0v) is 18.3. The van der Waals surface area contributed by atoms with Crippen LogP contribution in [0.3, 0.4) is 0 Å². The van der Waals surface area contributed by atoms with Crippen LogP contribution in [0.2, 0.25) is 0 Å². The third-order valence-corrected chi connectivity index (χ3v) is 6.40. The number of aliphatic carboxylic acids is 1. The minimum atomic E-state index is -3.89. The number of fused-ring (bicyclic) bond motifs is 3. The summed E-state index contributed by atoms with van der Waals surface area (Å²) in [4.78, 5) is 23.6. The van der Waals surface area contributed by atoms with Crippen LogP contribution in [0.5, 0.6) is 0 Å². The molecule has 0 heterocycles. The van der Waals surface area contributed by atoms with Crippen molar-refractivity contribution in [3.8, 4) is 11.1 Å². The monoisotopic (exact) mass is 467 g/mol. The minimum Gasteiger partial charge on any atom is -0.480 e. The number of carboxylic acids is 1. The van der Waals surface area contributed by atoms with E-state index in [2.05, 4.69) is 4.52 Å². The molecule has 2 atom stereocenters. The molecule has 2 aromatic rings. The highest BCUT2D eigenvalue weighted by atomic mass is 31.1. The Hall–Kier alpha value is -2.77. The standard InChI is InChI=1S/C22H24F2NO6P/c1-2-11-31-32(29)22(23,24)12-19(20(26)27)25-21(28)30-13-18-16-9-5-3-7-14(16)15-8-4-6-10-17(15)18/h3-10,18-19,32H,2,11-13H2,1H3,(H,25,28)(H,26,27). The average molecular weight is 467 g/mol. The number of alkyl carbamates (subject to hydrolysis) is 1. The Labute approximate surface area is 184 Å². The molecule has 1 aliphatic rings. The van der Waals surface area contributed by atoms with Gasteiger partial charge in [-0.15, -0.1) is 0 Å². The maximum atomic E-state index is 14.1. The zero-order valence-electron chi connectivity index (χ0n) is 17.3. The summed E-state index contributed by atoms with van der Waals surface area (Å²) in [7, 11) is -3.82. The quantitative estimate of drug-likeness (QED) is 0.484. The highest BCUT2D eigenvalue weighted by Gasteiger charge is 2.43. The molecule has 0 aliphatic heterocycles. The van der Waals surface area contributed by atoms with E-state index >= 15 is 0 Å². The van der Waals surface area contributed by atoms with Crippen LogP contribution in [0, 0.1) is 0 Å². The van der Waals surface area contributed by atoms with Gasteiger partial charge in [-0.25, -0.2) is 9.59 Å². The van der Waals surface area contributed by atoms with Gasteiger partial charge in [0.2, 0.25) is 0 Å². The topological polar surface area (TPSA) is 102 Å². The molecule has 0 aromatic heterocycles. The second kappa shape index (κ2) is 10.2. The van der Waals surface area contributed by atoms with E-state index in [1.807, 2.05) is 53.8 Å². The third kappa shape index (κ3) is 5.34. The van der Waals surface area contributed by atoms with Crippen LogP contribution in [0.4, 0.5) is 13.6 Å². The molecule has 0 bridgehead atoms. The number of halogens is 2. The Bertz CT molecular complexity index is 970. The van der Waals surface area contributed by atoms with Crippen molar-refractivity contribution in [3.05, 3.63) is 59.7 Å². The predicted octanol–water partition coefficient (Wildman–Crippen LogP) is 4.86. The molecular weight excluding hydrogens is 443 g/mol. The highest BCUT2D eigenvalue weighted by molar-refractivity contribution is 7.40. The summed E-state index contributed by atoms with van der Waals surface area (Å²) in [6, 6.07) is 13.3. The summed E-state index contributed by atoms with van der Waals surface area (Å²) >= 11 is 0. The van der Waals surface area contributed by atoms with Crippen LogP contribution in [-0.2, 0) is 18.6 Å². The van der Waals surface area contributed by atoms with Gasteiger partial charge in [0, 0.05) is 5.92 Å². The van der Waals surface area contributed by atoms with E-state index in [1.165, 1.54) is 0 Å². The maximum Gasteiger partial charge on any atom is 0.407 e. The number of carboxylic acid groups (broad SMARTS) is 1. The zero-order chi connectivity index (χ0) is 23.3. The molecule has 1 amide bonds. The molecule has 0 saturated heterocycles. The second-order valence-corrected chi connectivity index (χ2v) is 9.00. The van der Waals surface area contributed by atoms with Gasteiger partial charge in [-0.3, -0.25) is 4.57 Å². The van der Waals surface area contributed by atoms with Gasteiger partial charge in [-0.2, -0.15) is 8.78 Å². The minimum absolute atomic E-state index is 0.0984. The maximum absolute atomic E-state index is 14.1. The molecular formula is C22H24F2NO6P. The molecule has 10 heteroatoms. The fourth-order valence-electron chi connectivity index (χ4n) is 3.62. The molecule has 1 aliphatic carbocycles. The van der Waals surface area contributed by atoms with E-state index in [9.17, 15) is 28.0 Å². The van der Waals surface area contributed by atoms with Gasteiger partial charge in [0.05, 0.1) is 13.0 Å². The number of alkyl halides is 2. The summed E-state index contributed by atoms with van der Waals surface area (Å²) in [6.45, 7) is 1.43. The Morgan fingerprint density at radius 3 is 2.22 bits per heavy atom. The van der Waals surface area contributed by atoms with Crippen molar-refractivity contribution in [2.45, 2.75) is 37.4 Å². The molecule has 0 radical (unpaired) electrons. The Morgan fingerprint density at radius 1 is 1.12 bits per heavy atom. The van der Waals surface area contributed by atoms with Gasteiger partial charge < -0.3 is 19.7 Å². The molecule has 172 valence electrons.